The van der Waals surface area contributed by atoms with Gasteiger partial charge in [-0.25, -0.2) is 4.98 Å². The summed E-state index contributed by atoms with van der Waals surface area (Å²) in [4.78, 5) is 31.1. The van der Waals surface area contributed by atoms with Crippen molar-refractivity contribution in [3.8, 4) is 0 Å². The number of aryl methyl sites for hydroxylation is 4. The van der Waals surface area contributed by atoms with E-state index in [0.29, 0.717) is 11.9 Å². The zero-order valence-corrected chi connectivity index (χ0v) is 16.9. The molecule has 6 heteroatoms. The lowest BCUT2D eigenvalue weighted by Crippen LogP contribution is -2.23. The highest BCUT2D eigenvalue weighted by molar-refractivity contribution is 7.18. The Balaban J connectivity index is 1.62. The molecule has 0 saturated carbocycles. The van der Waals surface area contributed by atoms with Gasteiger partial charge in [-0.05, 0) is 49.9 Å². The van der Waals surface area contributed by atoms with Crippen molar-refractivity contribution in [2.45, 2.75) is 53.0 Å². The summed E-state index contributed by atoms with van der Waals surface area (Å²) in [5.41, 5.74) is 2.97. The van der Waals surface area contributed by atoms with Crippen LogP contribution in [-0.4, -0.2) is 15.5 Å². The summed E-state index contributed by atoms with van der Waals surface area (Å²) in [5, 5.41) is 3.56. The molecular weight excluding hydrogens is 358 g/mol. The normalized spacial score (nSPS) is 11.1. The molecule has 1 N–H and O–H groups in total. The van der Waals surface area contributed by atoms with Gasteiger partial charge in [0.1, 0.15) is 4.83 Å². The summed E-state index contributed by atoms with van der Waals surface area (Å²) in [6, 6.07) is 7.96. The summed E-state index contributed by atoms with van der Waals surface area (Å²) in [5.74, 6) is -0.110. The van der Waals surface area contributed by atoms with Crippen LogP contribution in [-0.2, 0) is 17.8 Å². The molecular formula is C21H25N3O2S. The summed E-state index contributed by atoms with van der Waals surface area (Å²) in [6.07, 6.45) is 5.16. The number of unbranched alkanes of at least 4 members (excludes halogenated alkanes) is 1. The molecule has 0 atom stereocenters. The summed E-state index contributed by atoms with van der Waals surface area (Å²) in [7, 11) is 0. The molecule has 2 heterocycles. The molecule has 0 aliphatic rings. The number of benzene rings is 1. The summed E-state index contributed by atoms with van der Waals surface area (Å²) < 4.78 is 1.52. The first-order valence-electron chi connectivity index (χ1n) is 9.33. The van der Waals surface area contributed by atoms with Crippen LogP contribution in [0, 0.1) is 13.8 Å². The highest BCUT2D eigenvalue weighted by atomic mass is 32.1. The highest BCUT2D eigenvalue weighted by Gasteiger charge is 2.12. The summed E-state index contributed by atoms with van der Waals surface area (Å²) >= 11 is 1.53. The smallest absolute Gasteiger partial charge is 0.262 e. The maximum absolute atomic E-state index is 12.7. The van der Waals surface area contributed by atoms with Gasteiger partial charge in [-0.15, -0.1) is 11.3 Å². The molecule has 0 unspecified atom stereocenters. The lowest BCUT2D eigenvalue weighted by molar-refractivity contribution is -0.116. The van der Waals surface area contributed by atoms with E-state index in [2.05, 4.69) is 29.4 Å². The number of carbonyl (C=O) groups excluding carboxylic acids is 1. The van der Waals surface area contributed by atoms with Crippen LogP contribution in [0.2, 0.25) is 0 Å². The molecule has 0 fully saturated rings. The minimum atomic E-state index is -0.110. The Morgan fingerprint density at radius 3 is 2.67 bits per heavy atom. The Bertz CT molecular complexity index is 1000. The number of fused-ring (bicyclic) bond motifs is 1. The van der Waals surface area contributed by atoms with E-state index >= 15 is 0 Å². The first kappa shape index (κ1) is 19.3. The van der Waals surface area contributed by atoms with Gasteiger partial charge in [0, 0.05) is 23.5 Å². The van der Waals surface area contributed by atoms with Crippen LogP contribution in [0.25, 0.3) is 10.2 Å². The zero-order chi connectivity index (χ0) is 19.4. The van der Waals surface area contributed by atoms with Gasteiger partial charge in [-0.1, -0.05) is 25.5 Å². The maximum Gasteiger partial charge on any atom is 0.262 e. The highest BCUT2D eigenvalue weighted by Crippen LogP contribution is 2.25. The molecule has 1 aromatic carbocycles. The Morgan fingerprint density at radius 1 is 1.22 bits per heavy atom. The van der Waals surface area contributed by atoms with Crippen LogP contribution in [0.3, 0.4) is 0 Å². The first-order valence-corrected chi connectivity index (χ1v) is 10.1. The third kappa shape index (κ3) is 4.45. The molecule has 3 aromatic rings. The zero-order valence-electron chi connectivity index (χ0n) is 16.0. The number of rotatable bonds is 7. The number of nitrogens with one attached hydrogen (secondary N) is 1. The number of anilines is 1. The van der Waals surface area contributed by atoms with Gasteiger partial charge in [0.15, 0.2) is 0 Å². The van der Waals surface area contributed by atoms with Gasteiger partial charge in [-0.2, -0.15) is 0 Å². The average molecular weight is 384 g/mol. The van der Waals surface area contributed by atoms with Gasteiger partial charge < -0.3 is 5.32 Å². The number of hydrogen-bond acceptors (Lipinski definition) is 4. The molecule has 0 bridgehead atoms. The van der Waals surface area contributed by atoms with Gasteiger partial charge in [0.2, 0.25) is 5.91 Å². The lowest BCUT2D eigenvalue weighted by Gasteiger charge is -2.08. The van der Waals surface area contributed by atoms with Gasteiger partial charge in [0.25, 0.3) is 5.56 Å². The molecule has 27 heavy (non-hydrogen) atoms. The number of hydrogen-bond donors (Lipinski definition) is 1. The molecule has 0 saturated heterocycles. The van der Waals surface area contributed by atoms with Gasteiger partial charge in [-0.3, -0.25) is 14.2 Å². The Kier molecular flexibility index (Phi) is 6.06. The Labute approximate surface area is 163 Å². The molecule has 5 nitrogen and oxygen atoms in total. The van der Waals surface area contributed by atoms with Gasteiger partial charge >= 0.3 is 0 Å². The van der Waals surface area contributed by atoms with E-state index < -0.39 is 0 Å². The van der Waals surface area contributed by atoms with E-state index in [1.54, 1.807) is 0 Å². The van der Waals surface area contributed by atoms with E-state index in [1.807, 2.05) is 26.0 Å². The molecule has 0 spiro atoms. The second-order valence-electron chi connectivity index (χ2n) is 6.81. The SMILES string of the molecule is CCCCc1ccc(NC(=O)CCn2cnc3sc(C)c(C)c3c2=O)cc1. The molecule has 3 rings (SSSR count). The second kappa shape index (κ2) is 8.48. The van der Waals surface area contributed by atoms with Crippen LogP contribution in [0.1, 0.15) is 42.2 Å². The van der Waals surface area contributed by atoms with Crippen molar-refractivity contribution in [2.75, 3.05) is 5.32 Å². The standard InChI is InChI=1S/C21H25N3O2S/c1-4-5-6-16-7-9-17(10-8-16)23-18(25)11-12-24-13-22-20-19(21(24)26)14(2)15(3)27-20/h7-10,13H,4-6,11-12H2,1-3H3,(H,23,25). The minimum absolute atomic E-state index is 0.0741. The quantitative estimate of drug-likeness (QED) is 0.656. The fourth-order valence-electron chi connectivity index (χ4n) is 3.01. The van der Waals surface area contributed by atoms with E-state index in [0.717, 1.165) is 27.4 Å². The maximum atomic E-state index is 12.7. The molecule has 0 radical (unpaired) electrons. The Hall–Kier alpha value is -2.47. The van der Waals surface area contributed by atoms with Crippen LogP contribution in [0.4, 0.5) is 5.69 Å². The van der Waals surface area contributed by atoms with Crippen molar-refractivity contribution in [1.29, 1.82) is 0 Å². The Morgan fingerprint density at radius 2 is 1.96 bits per heavy atom. The van der Waals surface area contributed by atoms with Crippen molar-refractivity contribution in [3.63, 3.8) is 0 Å². The number of nitrogens with zero attached hydrogens (tertiary/aromatic N) is 2. The minimum Gasteiger partial charge on any atom is -0.326 e. The molecule has 142 valence electrons. The topological polar surface area (TPSA) is 64.0 Å². The van der Waals surface area contributed by atoms with E-state index in [9.17, 15) is 9.59 Å². The molecule has 2 aromatic heterocycles. The fraction of sp³-hybridized carbons (Fsp3) is 0.381. The van der Waals surface area contributed by atoms with Crippen LogP contribution in [0.5, 0.6) is 0 Å². The van der Waals surface area contributed by atoms with Crippen LogP contribution < -0.4 is 10.9 Å². The van der Waals surface area contributed by atoms with Crippen LogP contribution >= 0.6 is 11.3 Å². The third-order valence-corrected chi connectivity index (χ3v) is 5.91. The lowest BCUT2D eigenvalue weighted by atomic mass is 10.1. The van der Waals surface area contributed by atoms with Crippen molar-refractivity contribution < 1.29 is 4.79 Å². The van der Waals surface area contributed by atoms with Gasteiger partial charge in [0.05, 0.1) is 11.7 Å². The molecule has 1 amide bonds. The van der Waals surface area contributed by atoms with E-state index in [-0.39, 0.29) is 17.9 Å². The monoisotopic (exact) mass is 383 g/mol. The number of aromatic nitrogens is 2. The van der Waals surface area contributed by atoms with E-state index in [1.165, 1.54) is 40.6 Å². The van der Waals surface area contributed by atoms with Crippen LogP contribution in [0.15, 0.2) is 35.4 Å². The third-order valence-electron chi connectivity index (χ3n) is 4.79. The number of amides is 1. The molecule has 0 aliphatic heterocycles. The average Bonchev–Trinajstić information content (AvgIpc) is 2.95. The second-order valence-corrected chi connectivity index (χ2v) is 8.01. The predicted molar refractivity (Wildman–Crippen MR) is 112 cm³/mol. The summed E-state index contributed by atoms with van der Waals surface area (Å²) in [6.45, 7) is 6.43. The van der Waals surface area contributed by atoms with Crippen molar-refractivity contribution >= 4 is 33.1 Å². The number of carbonyl (C=O) groups is 1. The number of thiophene rings is 1. The predicted octanol–water partition coefficient (Wildman–Crippen LogP) is 4.45. The van der Waals surface area contributed by atoms with Crippen molar-refractivity contribution in [3.05, 3.63) is 57.0 Å². The largest absolute Gasteiger partial charge is 0.326 e. The molecule has 0 aliphatic carbocycles. The van der Waals surface area contributed by atoms with E-state index in [4.69, 9.17) is 0 Å². The van der Waals surface area contributed by atoms with Crippen molar-refractivity contribution in [2.24, 2.45) is 0 Å². The first-order chi connectivity index (χ1) is 13.0. The fourth-order valence-corrected chi connectivity index (χ4v) is 4.00. The van der Waals surface area contributed by atoms with Crippen molar-refractivity contribution in [1.82, 2.24) is 9.55 Å².